The monoisotopic (exact) mass is 472 g/mol. The van der Waals surface area contributed by atoms with E-state index in [1.807, 2.05) is 78.9 Å². The average molecular weight is 473 g/mol. The fourth-order valence-corrected chi connectivity index (χ4v) is 4.54. The second-order valence-corrected chi connectivity index (χ2v) is 9.10. The number of halogens is 1. The molecule has 0 aliphatic carbocycles. The summed E-state index contributed by atoms with van der Waals surface area (Å²) in [6.45, 7) is 2.17. The molecular formula is C27H25ClN4O2. The molecule has 0 spiro atoms. The molecule has 34 heavy (non-hydrogen) atoms. The highest BCUT2D eigenvalue weighted by Gasteiger charge is 2.28. The molecule has 172 valence electrons. The quantitative estimate of drug-likeness (QED) is 0.303. The van der Waals surface area contributed by atoms with Gasteiger partial charge in [-0.1, -0.05) is 41.9 Å². The maximum Gasteiger partial charge on any atom is 0.254 e. The molecule has 0 atom stereocenters. The van der Waals surface area contributed by atoms with Crippen molar-refractivity contribution in [1.82, 2.24) is 9.88 Å². The van der Waals surface area contributed by atoms with Crippen molar-refractivity contribution < 1.29 is 9.44 Å². The van der Waals surface area contributed by atoms with Gasteiger partial charge in [-0.25, -0.2) is 0 Å². The zero-order valence-corrected chi connectivity index (χ0v) is 19.4. The molecule has 1 aliphatic rings. The molecule has 7 heteroatoms. The standard InChI is InChI=1S/C27H25ClN4O2/c28-22-8-11-24-25(12-13-29-26(24)18-22)30-23-9-6-21(7-10-23)27(33)31-14-16-32(34,17-15-31)19-20-4-2-1-3-5-20/h1-13,18H,14-17,19H2,(H,29,30). The van der Waals surface area contributed by atoms with Gasteiger partial charge in [0.15, 0.2) is 0 Å². The van der Waals surface area contributed by atoms with Gasteiger partial charge in [0.25, 0.3) is 5.91 Å². The summed E-state index contributed by atoms with van der Waals surface area (Å²) in [6, 6.07) is 24.8. The van der Waals surface area contributed by atoms with Crippen LogP contribution in [-0.2, 0) is 6.54 Å². The third-order valence-corrected chi connectivity index (χ3v) is 6.51. The van der Waals surface area contributed by atoms with E-state index < -0.39 is 0 Å². The molecule has 4 aromatic rings. The number of hydrogen-bond acceptors (Lipinski definition) is 4. The van der Waals surface area contributed by atoms with Crippen LogP contribution in [0.1, 0.15) is 15.9 Å². The van der Waals surface area contributed by atoms with Crippen molar-refractivity contribution >= 4 is 39.8 Å². The van der Waals surface area contributed by atoms with Gasteiger partial charge in [0.05, 0.1) is 31.7 Å². The van der Waals surface area contributed by atoms with Crippen molar-refractivity contribution in [2.45, 2.75) is 6.54 Å². The maximum atomic E-state index is 13.1. The molecule has 1 fully saturated rings. The molecule has 1 aliphatic heterocycles. The summed E-state index contributed by atoms with van der Waals surface area (Å²) in [6.07, 6.45) is 1.74. The number of nitrogens with zero attached hydrogens (tertiary/aromatic N) is 3. The highest BCUT2D eigenvalue weighted by Crippen LogP contribution is 2.27. The van der Waals surface area contributed by atoms with Gasteiger partial charge in [0, 0.05) is 39.1 Å². The van der Waals surface area contributed by atoms with Gasteiger partial charge in [-0.05, 0) is 48.5 Å². The summed E-state index contributed by atoms with van der Waals surface area (Å²) in [5.41, 5.74) is 4.25. The molecular weight excluding hydrogens is 448 g/mol. The van der Waals surface area contributed by atoms with Crippen LogP contribution in [0.2, 0.25) is 5.02 Å². The lowest BCUT2D eigenvalue weighted by Gasteiger charge is -2.48. The average Bonchev–Trinajstić information content (AvgIpc) is 2.85. The van der Waals surface area contributed by atoms with E-state index in [0.717, 1.165) is 27.8 Å². The van der Waals surface area contributed by atoms with Crippen molar-refractivity contribution in [3.05, 3.63) is 106 Å². The van der Waals surface area contributed by atoms with Gasteiger partial charge in [0.1, 0.15) is 6.54 Å². The van der Waals surface area contributed by atoms with Crippen LogP contribution in [0, 0.1) is 5.21 Å². The van der Waals surface area contributed by atoms with Crippen molar-refractivity contribution in [2.24, 2.45) is 0 Å². The number of benzene rings is 3. The lowest BCUT2D eigenvalue weighted by Crippen LogP contribution is -2.56. The zero-order chi connectivity index (χ0) is 23.5. The summed E-state index contributed by atoms with van der Waals surface area (Å²) >= 11 is 6.08. The lowest BCUT2D eigenvalue weighted by molar-refractivity contribution is -0.897. The third kappa shape index (κ3) is 4.89. The van der Waals surface area contributed by atoms with Gasteiger partial charge in [-0.15, -0.1) is 0 Å². The molecule has 6 nitrogen and oxygen atoms in total. The van der Waals surface area contributed by atoms with Crippen LogP contribution in [0.15, 0.2) is 85.1 Å². The van der Waals surface area contributed by atoms with Crippen LogP contribution in [0.25, 0.3) is 10.9 Å². The third-order valence-electron chi connectivity index (χ3n) is 6.27. The van der Waals surface area contributed by atoms with Crippen LogP contribution in [-0.4, -0.2) is 46.6 Å². The number of hydrogen-bond donors (Lipinski definition) is 1. The van der Waals surface area contributed by atoms with E-state index in [-0.39, 0.29) is 10.6 Å². The van der Waals surface area contributed by atoms with E-state index in [9.17, 15) is 10.0 Å². The zero-order valence-electron chi connectivity index (χ0n) is 18.7. The van der Waals surface area contributed by atoms with Crippen LogP contribution < -0.4 is 5.32 Å². The first-order valence-electron chi connectivity index (χ1n) is 11.3. The van der Waals surface area contributed by atoms with Crippen molar-refractivity contribution in [3.8, 4) is 0 Å². The number of quaternary nitrogens is 1. The van der Waals surface area contributed by atoms with Crippen molar-refractivity contribution in [1.29, 1.82) is 0 Å². The summed E-state index contributed by atoms with van der Waals surface area (Å²) in [7, 11) is 0. The van der Waals surface area contributed by atoms with Crippen molar-refractivity contribution in [3.63, 3.8) is 0 Å². The Hall–Kier alpha value is -3.45. The molecule has 0 saturated carbocycles. The van der Waals surface area contributed by atoms with Gasteiger partial charge in [-0.2, -0.15) is 0 Å². The molecule has 0 radical (unpaired) electrons. The summed E-state index contributed by atoms with van der Waals surface area (Å²) in [5.74, 6) is -0.0403. The number of anilines is 2. The molecule has 0 bridgehead atoms. The molecule has 5 rings (SSSR count). The molecule has 1 saturated heterocycles. The number of carbonyl (C=O) groups is 1. The Morgan fingerprint density at radius 3 is 2.47 bits per heavy atom. The van der Waals surface area contributed by atoms with Crippen LogP contribution >= 0.6 is 11.6 Å². The highest BCUT2D eigenvalue weighted by molar-refractivity contribution is 6.31. The Morgan fingerprint density at radius 2 is 1.74 bits per heavy atom. The largest absolute Gasteiger partial charge is 0.632 e. The van der Waals surface area contributed by atoms with E-state index >= 15 is 0 Å². The molecule has 1 aromatic heterocycles. The normalized spacial score (nSPS) is 15.3. The summed E-state index contributed by atoms with van der Waals surface area (Å²) in [5, 5.41) is 18.1. The number of piperazine rings is 1. The number of nitrogens with one attached hydrogen (secondary N) is 1. The second kappa shape index (κ2) is 9.43. The number of aromatic nitrogens is 1. The van der Waals surface area contributed by atoms with E-state index in [2.05, 4.69) is 10.3 Å². The number of rotatable bonds is 5. The molecule has 2 heterocycles. The van der Waals surface area contributed by atoms with Crippen molar-refractivity contribution in [2.75, 3.05) is 31.5 Å². The first-order valence-corrected chi connectivity index (χ1v) is 11.7. The van der Waals surface area contributed by atoms with Gasteiger partial charge in [-0.3, -0.25) is 9.78 Å². The molecule has 1 amide bonds. The van der Waals surface area contributed by atoms with Gasteiger partial charge < -0.3 is 20.1 Å². The van der Waals surface area contributed by atoms with E-state index in [0.29, 0.717) is 43.3 Å². The minimum atomic E-state index is -0.290. The Kier molecular flexibility index (Phi) is 6.20. The van der Waals surface area contributed by atoms with Crippen LogP contribution in [0.3, 0.4) is 0 Å². The number of hydroxylamine groups is 3. The SMILES string of the molecule is O=C(c1ccc(Nc2ccnc3cc(Cl)ccc23)cc1)N1CC[N+]([O-])(Cc2ccccc2)CC1. The Balaban J connectivity index is 1.23. The Bertz CT molecular complexity index is 1300. The fourth-order valence-electron chi connectivity index (χ4n) is 4.37. The number of carbonyl (C=O) groups excluding carboxylic acids is 1. The lowest BCUT2D eigenvalue weighted by atomic mass is 10.1. The minimum absolute atomic E-state index is 0.0403. The van der Waals surface area contributed by atoms with E-state index in [1.54, 1.807) is 11.1 Å². The highest BCUT2D eigenvalue weighted by atomic mass is 35.5. The maximum absolute atomic E-state index is 13.1. The second-order valence-electron chi connectivity index (χ2n) is 8.66. The molecule has 1 N–H and O–H groups in total. The Morgan fingerprint density at radius 1 is 1.00 bits per heavy atom. The predicted molar refractivity (Wildman–Crippen MR) is 136 cm³/mol. The molecule has 0 unspecified atom stereocenters. The topological polar surface area (TPSA) is 68.3 Å². The van der Waals surface area contributed by atoms with Crippen LogP contribution in [0.5, 0.6) is 0 Å². The van der Waals surface area contributed by atoms with E-state index in [1.165, 1.54) is 0 Å². The fraction of sp³-hybridized carbons (Fsp3) is 0.185. The van der Waals surface area contributed by atoms with Crippen LogP contribution in [0.4, 0.5) is 11.4 Å². The predicted octanol–water partition coefficient (Wildman–Crippen LogP) is 5.60. The minimum Gasteiger partial charge on any atom is -0.632 e. The Labute approximate surface area is 203 Å². The number of pyridine rings is 1. The van der Waals surface area contributed by atoms with Gasteiger partial charge >= 0.3 is 0 Å². The summed E-state index contributed by atoms with van der Waals surface area (Å²) < 4.78 is -0.290. The summed E-state index contributed by atoms with van der Waals surface area (Å²) in [4.78, 5) is 19.2. The van der Waals surface area contributed by atoms with E-state index in [4.69, 9.17) is 11.6 Å². The smallest absolute Gasteiger partial charge is 0.254 e. The number of fused-ring (bicyclic) bond motifs is 1. The molecule has 3 aromatic carbocycles. The first-order chi connectivity index (χ1) is 16.5. The number of amides is 1. The van der Waals surface area contributed by atoms with Gasteiger partial charge in [0.2, 0.25) is 0 Å². The first kappa shape index (κ1) is 22.3.